The van der Waals surface area contributed by atoms with Crippen molar-refractivity contribution >= 4 is 75.1 Å². The smallest absolute Gasteiger partial charge is 0 e. The molecule has 2 aliphatic rings. The van der Waals surface area contributed by atoms with Gasteiger partial charge in [-0.1, -0.05) is 37.1 Å². The molecule has 2 aliphatic heterocycles. The first-order chi connectivity index (χ1) is 37.6. The third-order valence-corrected chi connectivity index (χ3v) is 11.5. The molecule has 0 fully saturated rings. The van der Waals surface area contributed by atoms with E-state index in [1.165, 1.54) is 11.1 Å². The number of carboxylic acids is 2. The second-order valence-electron chi connectivity index (χ2n) is 17.2. The number of halogens is 2. The van der Waals surface area contributed by atoms with Crippen LogP contribution in [0.15, 0.2) is 24.3 Å². The molecule has 0 atom stereocenters. The number of methoxy groups -OCH3 is 1. The van der Waals surface area contributed by atoms with Crippen molar-refractivity contribution in [3.63, 3.8) is 0 Å². The van der Waals surface area contributed by atoms with E-state index < -0.39 is 28.4 Å². The summed E-state index contributed by atoms with van der Waals surface area (Å²) in [5, 5.41) is 38.9. The van der Waals surface area contributed by atoms with Crippen LogP contribution in [-0.4, -0.2) is 165 Å². The molecule has 20 nitrogen and oxygen atoms in total. The van der Waals surface area contributed by atoms with E-state index in [1.54, 1.807) is 7.11 Å². The van der Waals surface area contributed by atoms with Crippen LogP contribution in [0.2, 0.25) is 0 Å². The molecule has 6 bridgehead atoms. The molecule has 0 unspecified atom stereocenters. The number of nitrogens with zero attached hydrogens (tertiary/aromatic N) is 6. The fraction of sp³-hybridized carbons (Fsp3) is 0.564. The van der Waals surface area contributed by atoms with Crippen molar-refractivity contribution in [1.29, 1.82) is 0 Å². The van der Waals surface area contributed by atoms with E-state index in [0.29, 0.717) is 132 Å². The molecule has 24 heteroatoms. The molecule has 1 aromatic carbocycles. The predicted octanol–water partition coefficient (Wildman–Crippen LogP) is 9.57. The van der Waals surface area contributed by atoms with Crippen LogP contribution < -0.4 is 14.5 Å². The van der Waals surface area contributed by atoms with E-state index in [1.807, 2.05) is 26.0 Å². The molecule has 5 N–H and O–H groups in total. The average Bonchev–Trinajstić information content (AvgIpc) is 4.01. The fourth-order valence-corrected chi connectivity index (χ4v) is 8.10. The minimum Gasteiger partial charge on any atom is 0 e. The number of nitrogens with one attached hydrogen (secondary N) is 1. The van der Waals surface area contributed by atoms with Crippen LogP contribution in [0.4, 0.5) is 0 Å². The maximum absolute atomic E-state index is 9.94. The number of ether oxygens (including phenoxy) is 7. The van der Waals surface area contributed by atoms with Crippen molar-refractivity contribution in [2.45, 2.75) is 93.9 Å². The molecule has 0 aliphatic carbocycles. The number of carboxylic acid groups (broad SMARTS) is 2. The zero-order chi connectivity index (χ0) is 57.8. The maximum atomic E-state index is 9.94. The zero-order valence-electron chi connectivity index (χ0n) is 46.9. The van der Waals surface area contributed by atoms with Crippen molar-refractivity contribution in [3.05, 3.63) is 80.6 Å². The van der Waals surface area contributed by atoms with Gasteiger partial charge in [-0.15, -0.1) is 17.6 Å². The Morgan fingerprint density at radius 3 is 1.34 bits per heavy atom. The minimum atomic E-state index is -0.833. The van der Waals surface area contributed by atoms with Gasteiger partial charge in [-0.25, -0.2) is 19.9 Å². The van der Waals surface area contributed by atoms with Gasteiger partial charge < -0.3 is 69.6 Å². The van der Waals surface area contributed by atoms with Crippen LogP contribution >= 0.6 is 18.8 Å². The molecule has 0 spiro atoms. The number of hydrogen-bond acceptors (Lipinski definition) is 15. The first-order valence-corrected chi connectivity index (χ1v) is 31.5. The first kappa shape index (κ1) is 73.9. The van der Waals surface area contributed by atoms with E-state index in [9.17, 15) is 10.2 Å². The summed E-state index contributed by atoms with van der Waals surface area (Å²) in [5.41, 5.74) is 21.0. The SMILES string of the molecule is CC(=O)O.CC(=O)O.CCc1c(CC)c2cc3nc(c(C)nc4cc(OCCOCCOCCOC)c(OCCOCCOCC[N-]CC[NH-])cc4nc(C)c4nc(cc1[n-]2)C(CCCO)=C4C)C(C)=C3CCCO.[Cl][Pt+2][Cl].[Gd]. The Morgan fingerprint density at radius 2 is 0.987 bits per heavy atom. The van der Waals surface area contributed by atoms with Gasteiger partial charge in [-0.3, -0.25) is 9.59 Å². The summed E-state index contributed by atoms with van der Waals surface area (Å²) in [4.78, 5) is 44.2. The molecule has 0 saturated heterocycles. The number of fused-ring (bicyclic) bond motifs is 7. The summed E-state index contributed by atoms with van der Waals surface area (Å²) in [6, 6.07) is 7.87. The second kappa shape index (κ2) is 43.6. The number of hydrogen-bond donors (Lipinski definition) is 4. The van der Waals surface area contributed by atoms with Gasteiger partial charge in [-0.2, -0.15) is 13.1 Å². The Labute approximate surface area is 514 Å². The van der Waals surface area contributed by atoms with Gasteiger partial charge in [0.2, 0.25) is 0 Å². The number of benzene rings is 1. The van der Waals surface area contributed by atoms with Crippen LogP contribution in [0, 0.1) is 53.8 Å². The summed E-state index contributed by atoms with van der Waals surface area (Å²) in [6.07, 6.45) is 4.06. The minimum absolute atomic E-state index is 0. The Balaban J connectivity index is 0.00000238. The number of aliphatic hydroxyl groups excluding tert-OH is 2. The normalized spacial score (nSPS) is 11.7. The fourth-order valence-electron chi connectivity index (χ4n) is 8.10. The number of aliphatic carboxylic acids is 2. The van der Waals surface area contributed by atoms with Crippen LogP contribution in [0.5, 0.6) is 11.5 Å². The molecule has 4 heterocycles. The van der Waals surface area contributed by atoms with Gasteiger partial charge in [0.05, 0.1) is 98.1 Å². The van der Waals surface area contributed by atoms with E-state index >= 15 is 0 Å². The maximum Gasteiger partial charge on any atom is 0 e. The number of aliphatic hydroxyl groups is 2. The summed E-state index contributed by atoms with van der Waals surface area (Å²) in [5.74, 6) is -0.749. The number of rotatable bonds is 30. The van der Waals surface area contributed by atoms with Gasteiger partial charge in [0, 0.05) is 92.9 Å². The number of aryl methyl sites for hydroxylation is 4. The van der Waals surface area contributed by atoms with E-state index in [2.05, 4.69) is 45.1 Å². The van der Waals surface area contributed by atoms with Crippen molar-refractivity contribution in [2.75, 3.05) is 113 Å². The molecule has 5 rings (SSSR count). The quantitative estimate of drug-likeness (QED) is 0.0452. The molecular weight excluding hydrogens is 1390 g/mol. The molecule has 0 amide bonds. The Bertz CT molecular complexity index is 2570. The average molecular weight is 1470 g/mol. The molecule has 2 aromatic heterocycles. The summed E-state index contributed by atoms with van der Waals surface area (Å²) in [7, 11) is 11.4. The standard InChI is InChI=1S/C51H72N7O9.2C2H4O2.2ClH.Gd.Pt/c1-8-38-39(9-2)43-31-45-41(13-11-18-60)35(4)51(58-45)37(6)55-47-33-49(67-29-27-65-25-24-63-21-20-61-7)48(66-28-26-64-23-22-62-19-16-53-15-14-52)32-46(47)54-36(5)50-34(3)40(12-10-17-59)44(57-50)30-42(38)56-43;2*1-2(3)4;;;;/h30-33,52,59-60H,8-29H2,1-7H3;2*1H3,(H,3,4);2*1H;;/q-3;;;;;;+4/p-2. The van der Waals surface area contributed by atoms with Gasteiger partial charge in [0.1, 0.15) is 13.2 Å². The molecule has 3 aromatic rings. The number of carbonyl (C=O) groups is 2. The van der Waals surface area contributed by atoms with Gasteiger partial charge in [0.25, 0.3) is 11.9 Å². The molecule has 0 radical (unpaired) electrons. The van der Waals surface area contributed by atoms with Crippen molar-refractivity contribution < 1.29 is 120 Å². The monoisotopic (exact) mass is 1470 g/mol. The molecule has 79 heavy (non-hydrogen) atoms. The Kier molecular flexibility index (Phi) is 40.8. The largest absolute Gasteiger partial charge is 0 e. The van der Waals surface area contributed by atoms with Crippen LogP contribution in [-0.2, 0) is 62.6 Å². The number of allylic oxidation sites excluding steroid dienone is 4. The van der Waals surface area contributed by atoms with Crippen molar-refractivity contribution in [3.8, 4) is 11.5 Å². The molecule has 0 saturated carbocycles. The molecular formula is C55H80Cl2GdN7O13Pt-. The summed E-state index contributed by atoms with van der Waals surface area (Å²) in [6.45, 7) is 20.3. The summed E-state index contributed by atoms with van der Waals surface area (Å²) >= 11 is -0.472. The van der Waals surface area contributed by atoms with Crippen LogP contribution in [0.1, 0.15) is 113 Å². The van der Waals surface area contributed by atoms with E-state index in [4.69, 9.17) is 102 Å². The number of aromatic nitrogens is 5. The van der Waals surface area contributed by atoms with E-state index in [-0.39, 0.29) is 72.9 Å². The zero-order valence-corrected chi connectivity index (χ0v) is 53.0. The van der Waals surface area contributed by atoms with E-state index in [0.717, 1.165) is 82.8 Å². The van der Waals surface area contributed by atoms with Crippen molar-refractivity contribution in [1.82, 2.24) is 24.9 Å². The predicted molar refractivity (Wildman–Crippen MR) is 303 cm³/mol. The Morgan fingerprint density at radius 1 is 0.620 bits per heavy atom. The van der Waals surface area contributed by atoms with Gasteiger partial charge in [0.15, 0.2) is 11.5 Å². The topological polar surface area (TPSA) is 283 Å². The summed E-state index contributed by atoms with van der Waals surface area (Å²) < 4.78 is 40.6. The Hall–Kier alpha value is -3.09. The third-order valence-electron chi connectivity index (χ3n) is 11.5. The van der Waals surface area contributed by atoms with Crippen LogP contribution in [0.3, 0.4) is 0 Å². The third kappa shape index (κ3) is 27.2. The van der Waals surface area contributed by atoms with Crippen LogP contribution in [0.25, 0.3) is 55.4 Å². The van der Waals surface area contributed by atoms with Crippen molar-refractivity contribution in [2.24, 2.45) is 0 Å². The van der Waals surface area contributed by atoms with Gasteiger partial charge >= 0.3 is 35.3 Å². The second-order valence-corrected chi connectivity index (χ2v) is 20.5. The first-order valence-electron chi connectivity index (χ1n) is 25.8. The van der Waals surface area contributed by atoms with Gasteiger partial charge in [-0.05, 0) is 88.5 Å². The molecule has 446 valence electrons.